The Balaban J connectivity index is 2.02. The molecule has 0 saturated carbocycles. The van der Waals surface area contributed by atoms with E-state index in [0.717, 1.165) is 11.5 Å². The first-order valence-electron chi connectivity index (χ1n) is 5.59. The predicted molar refractivity (Wildman–Crippen MR) is 67.8 cm³/mol. The molecule has 96 valence electrons. The van der Waals surface area contributed by atoms with Crippen molar-refractivity contribution in [2.75, 3.05) is 7.05 Å². The number of hydrogen-bond acceptors (Lipinski definition) is 3. The van der Waals surface area contributed by atoms with Crippen LogP contribution in [0.5, 0.6) is 0 Å². The summed E-state index contributed by atoms with van der Waals surface area (Å²) in [5.41, 5.74) is 1.41. The molecule has 0 aliphatic heterocycles. The third-order valence-electron chi connectivity index (χ3n) is 2.55. The van der Waals surface area contributed by atoms with Crippen molar-refractivity contribution in [1.29, 1.82) is 0 Å². The quantitative estimate of drug-likeness (QED) is 0.851. The minimum absolute atomic E-state index is 0.250. The number of aryl methyl sites for hydroxylation is 1. The van der Waals surface area contributed by atoms with Gasteiger partial charge in [-0.3, -0.25) is 4.90 Å². The first-order valence-corrected chi connectivity index (χ1v) is 5.97. The minimum Gasteiger partial charge on any atom is -0.360 e. The molecular weight excluding hydrogens is 255 g/mol. The number of halogens is 2. The lowest BCUT2D eigenvalue weighted by Gasteiger charge is -2.15. The molecule has 2 aromatic rings. The van der Waals surface area contributed by atoms with E-state index < -0.39 is 0 Å². The van der Waals surface area contributed by atoms with Gasteiger partial charge in [0.2, 0.25) is 0 Å². The van der Waals surface area contributed by atoms with Crippen LogP contribution in [0.4, 0.5) is 4.39 Å². The van der Waals surface area contributed by atoms with Crippen LogP contribution in [0.15, 0.2) is 28.8 Å². The monoisotopic (exact) mass is 268 g/mol. The van der Waals surface area contributed by atoms with Crippen molar-refractivity contribution in [1.82, 2.24) is 10.1 Å². The molecule has 1 heterocycles. The number of rotatable bonds is 4. The van der Waals surface area contributed by atoms with Gasteiger partial charge in [0, 0.05) is 23.2 Å². The normalized spacial score (nSPS) is 11.2. The van der Waals surface area contributed by atoms with E-state index in [-0.39, 0.29) is 5.82 Å². The highest BCUT2D eigenvalue weighted by Crippen LogP contribution is 2.17. The molecule has 18 heavy (non-hydrogen) atoms. The molecule has 0 spiro atoms. The Bertz CT molecular complexity index is 542. The average molecular weight is 269 g/mol. The van der Waals surface area contributed by atoms with Gasteiger partial charge in [-0.25, -0.2) is 4.39 Å². The van der Waals surface area contributed by atoms with Crippen LogP contribution in [0, 0.1) is 12.7 Å². The van der Waals surface area contributed by atoms with Crippen molar-refractivity contribution in [2.45, 2.75) is 20.0 Å². The topological polar surface area (TPSA) is 29.3 Å². The summed E-state index contributed by atoms with van der Waals surface area (Å²) in [4.78, 5) is 1.94. The van der Waals surface area contributed by atoms with Crippen molar-refractivity contribution in [3.8, 4) is 0 Å². The first kappa shape index (κ1) is 13.1. The Hall–Kier alpha value is -1.39. The zero-order chi connectivity index (χ0) is 13.1. The molecule has 5 heteroatoms. The van der Waals surface area contributed by atoms with Crippen LogP contribution in [0.25, 0.3) is 0 Å². The van der Waals surface area contributed by atoms with E-state index in [1.54, 1.807) is 12.1 Å². The molecule has 0 atom stereocenters. The maximum absolute atomic E-state index is 13.6. The van der Waals surface area contributed by atoms with E-state index in [0.29, 0.717) is 23.7 Å². The van der Waals surface area contributed by atoms with E-state index in [9.17, 15) is 4.39 Å². The summed E-state index contributed by atoms with van der Waals surface area (Å²) in [7, 11) is 1.89. The maximum Gasteiger partial charge on any atom is 0.150 e. The summed E-state index contributed by atoms with van der Waals surface area (Å²) in [6.07, 6.45) is 0. The molecule has 3 nitrogen and oxygen atoms in total. The van der Waals surface area contributed by atoms with Gasteiger partial charge in [0.05, 0.1) is 12.2 Å². The Morgan fingerprint density at radius 1 is 1.33 bits per heavy atom. The third kappa shape index (κ3) is 3.31. The zero-order valence-corrected chi connectivity index (χ0v) is 11.0. The van der Waals surface area contributed by atoms with Crippen LogP contribution in [-0.4, -0.2) is 17.1 Å². The van der Waals surface area contributed by atoms with Crippen LogP contribution in [0.3, 0.4) is 0 Å². The molecule has 0 amide bonds. The van der Waals surface area contributed by atoms with Gasteiger partial charge < -0.3 is 4.52 Å². The van der Waals surface area contributed by atoms with E-state index in [4.69, 9.17) is 16.1 Å². The summed E-state index contributed by atoms with van der Waals surface area (Å²) in [6.45, 7) is 2.91. The smallest absolute Gasteiger partial charge is 0.150 e. The van der Waals surface area contributed by atoms with Crippen LogP contribution in [0.1, 0.15) is 17.0 Å². The summed E-state index contributed by atoms with van der Waals surface area (Å²) in [5, 5.41) is 4.35. The van der Waals surface area contributed by atoms with Gasteiger partial charge in [-0.1, -0.05) is 16.8 Å². The number of hydrogen-bond donors (Lipinski definition) is 0. The molecule has 0 unspecified atom stereocenters. The van der Waals surface area contributed by atoms with E-state index >= 15 is 0 Å². The van der Waals surface area contributed by atoms with Gasteiger partial charge in [-0.2, -0.15) is 0 Å². The molecule has 0 fully saturated rings. The SMILES string of the molecule is Cc1cc(CN(C)Cc2cc(Cl)ccc2F)on1. The Morgan fingerprint density at radius 2 is 2.11 bits per heavy atom. The van der Waals surface area contributed by atoms with Gasteiger partial charge in [0.15, 0.2) is 5.76 Å². The highest BCUT2D eigenvalue weighted by Gasteiger charge is 2.09. The van der Waals surface area contributed by atoms with Crippen molar-refractivity contribution in [3.05, 3.63) is 52.1 Å². The fraction of sp³-hybridized carbons (Fsp3) is 0.308. The lowest BCUT2D eigenvalue weighted by atomic mass is 10.2. The molecule has 0 saturated heterocycles. The van der Waals surface area contributed by atoms with Crippen molar-refractivity contribution in [2.24, 2.45) is 0 Å². The van der Waals surface area contributed by atoms with Gasteiger partial charge in [-0.15, -0.1) is 0 Å². The highest BCUT2D eigenvalue weighted by atomic mass is 35.5. The molecule has 1 aromatic carbocycles. The lowest BCUT2D eigenvalue weighted by molar-refractivity contribution is 0.263. The fourth-order valence-corrected chi connectivity index (χ4v) is 1.96. The number of aromatic nitrogens is 1. The molecule has 0 aliphatic carbocycles. The number of nitrogens with zero attached hydrogens (tertiary/aromatic N) is 2. The molecule has 1 aromatic heterocycles. The average Bonchev–Trinajstić information content (AvgIpc) is 2.69. The molecule has 2 rings (SSSR count). The van der Waals surface area contributed by atoms with Crippen LogP contribution in [-0.2, 0) is 13.1 Å². The fourth-order valence-electron chi connectivity index (χ4n) is 1.77. The first-order chi connectivity index (χ1) is 8.54. The largest absolute Gasteiger partial charge is 0.360 e. The minimum atomic E-state index is -0.250. The molecule has 0 N–H and O–H groups in total. The zero-order valence-electron chi connectivity index (χ0n) is 10.3. The molecule has 0 aliphatic rings. The van der Waals surface area contributed by atoms with E-state index in [2.05, 4.69) is 5.16 Å². The van der Waals surface area contributed by atoms with E-state index in [1.807, 2.05) is 24.9 Å². The number of benzene rings is 1. The van der Waals surface area contributed by atoms with Crippen LogP contribution < -0.4 is 0 Å². The summed E-state index contributed by atoms with van der Waals surface area (Å²) in [6, 6.07) is 6.42. The second-order valence-corrected chi connectivity index (χ2v) is 4.78. The van der Waals surface area contributed by atoms with E-state index in [1.165, 1.54) is 6.07 Å². The summed E-state index contributed by atoms with van der Waals surface area (Å²) in [5.74, 6) is 0.512. The molecule has 0 bridgehead atoms. The van der Waals surface area contributed by atoms with Crippen LogP contribution in [0.2, 0.25) is 5.02 Å². The van der Waals surface area contributed by atoms with Gasteiger partial charge >= 0.3 is 0 Å². The Labute approximate surface area is 110 Å². The summed E-state index contributed by atoms with van der Waals surface area (Å²) >= 11 is 5.85. The Kier molecular flexibility index (Phi) is 3.99. The van der Waals surface area contributed by atoms with Crippen LogP contribution >= 0.6 is 11.6 Å². The second-order valence-electron chi connectivity index (χ2n) is 4.34. The maximum atomic E-state index is 13.6. The van der Waals surface area contributed by atoms with Crippen molar-refractivity contribution < 1.29 is 8.91 Å². The predicted octanol–water partition coefficient (Wildman–Crippen LogP) is 3.41. The lowest BCUT2D eigenvalue weighted by Crippen LogP contribution is -2.17. The highest BCUT2D eigenvalue weighted by molar-refractivity contribution is 6.30. The van der Waals surface area contributed by atoms with Gasteiger partial charge in [0.25, 0.3) is 0 Å². The van der Waals surface area contributed by atoms with Crippen molar-refractivity contribution in [3.63, 3.8) is 0 Å². The molecular formula is C13H14ClFN2O. The second kappa shape index (κ2) is 5.50. The standard InChI is InChI=1S/C13H14ClFN2O/c1-9-5-12(18-16-9)8-17(2)7-10-6-11(14)3-4-13(10)15/h3-6H,7-8H2,1-2H3. The summed E-state index contributed by atoms with van der Waals surface area (Å²) < 4.78 is 18.7. The van der Waals surface area contributed by atoms with Gasteiger partial charge in [0.1, 0.15) is 5.82 Å². The van der Waals surface area contributed by atoms with Gasteiger partial charge in [-0.05, 0) is 32.2 Å². The molecule has 0 radical (unpaired) electrons. The Morgan fingerprint density at radius 3 is 2.78 bits per heavy atom. The third-order valence-corrected chi connectivity index (χ3v) is 2.79. The van der Waals surface area contributed by atoms with Crippen molar-refractivity contribution >= 4 is 11.6 Å².